The van der Waals surface area contributed by atoms with Crippen molar-refractivity contribution in [3.05, 3.63) is 20.8 Å². The second kappa shape index (κ2) is 3.23. The highest BCUT2D eigenvalue weighted by molar-refractivity contribution is 9.11. The van der Waals surface area contributed by atoms with Crippen LogP contribution in [-0.4, -0.2) is 11.7 Å². The number of aliphatic hydroxyl groups is 1. The number of hydrogen-bond donors (Lipinski definition) is 2. The van der Waals surface area contributed by atoms with Gasteiger partial charge in [0.1, 0.15) is 0 Å². The van der Waals surface area contributed by atoms with Crippen LogP contribution < -0.4 is 5.73 Å². The molecule has 0 amide bonds. The van der Waals surface area contributed by atoms with Crippen molar-refractivity contribution in [1.29, 1.82) is 0 Å². The fourth-order valence-electron chi connectivity index (χ4n) is 0.699. The molecule has 0 aliphatic heterocycles. The van der Waals surface area contributed by atoms with Crippen molar-refractivity contribution >= 4 is 27.3 Å². The summed E-state index contributed by atoms with van der Waals surface area (Å²) in [5.41, 5.74) is 5.19. The van der Waals surface area contributed by atoms with Gasteiger partial charge in [0, 0.05) is 4.88 Å². The zero-order valence-corrected chi connectivity index (χ0v) is 8.58. The van der Waals surface area contributed by atoms with Crippen molar-refractivity contribution in [1.82, 2.24) is 0 Å². The Kier molecular flexibility index (Phi) is 2.70. The van der Waals surface area contributed by atoms with Crippen molar-refractivity contribution < 1.29 is 5.11 Å². The van der Waals surface area contributed by atoms with Crippen LogP contribution in [0.2, 0.25) is 0 Å². The van der Waals surface area contributed by atoms with E-state index in [9.17, 15) is 0 Å². The summed E-state index contributed by atoms with van der Waals surface area (Å²) in [5.74, 6) is 0. The van der Waals surface area contributed by atoms with E-state index in [0.29, 0.717) is 0 Å². The molecule has 1 aromatic heterocycles. The van der Waals surface area contributed by atoms with E-state index in [1.54, 1.807) is 11.3 Å². The second-order valence-corrected chi connectivity index (χ2v) is 5.14. The molecular formula is C7H10BrNOS. The maximum atomic E-state index is 8.92. The molecule has 0 bridgehead atoms. The standard InChI is InChI=1S/C7H10BrNOS/c1-7(9,4-10)5-2-3-6(8)11-5/h2-3,10H,4,9H2,1H3. The largest absolute Gasteiger partial charge is 0.394 e. The van der Waals surface area contributed by atoms with Gasteiger partial charge in [-0.25, -0.2) is 0 Å². The van der Waals surface area contributed by atoms with E-state index < -0.39 is 5.54 Å². The van der Waals surface area contributed by atoms with E-state index in [4.69, 9.17) is 10.8 Å². The Hall–Kier alpha value is 0.1000. The Balaban J connectivity index is 2.92. The number of thiophene rings is 1. The third-order valence-corrected chi connectivity index (χ3v) is 3.37. The lowest BCUT2D eigenvalue weighted by Gasteiger charge is -2.19. The molecule has 11 heavy (non-hydrogen) atoms. The molecule has 0 saturated heterocycles. The number of nitrogens with two attached hydrogens (primary N) is 1. The molecule has 3 N–H and O–H groups in total. The Labute approximate surface area is 78.2 Å². The predicted molar refractivity (Wildman–Crippen MR) is 50.6 cm³/mol. The molecule has 1 heterocycles. The molecule has 62 valence electrons. The summed E-state index contributed by atoms with van der Waals surface area (Å²) in [6, 6.07) is 3.85. The highest BCUT2D eigenvalue weighted by atomic mass is 79.9. The molecule has 0 saturated carbocycles. The summed E-state index contributed by atoms with van der Waals surface area (Å²) in [6.45, 7) is 1.78. The lowest BCUT2D eigenvalue weighted by atomic mass is 10.0. The predicted octanol–water partition coefficient (Wildman–Crippen LogP) is 1.68. The second-order valence-electron chi connectivity index (χ2n) is 2.68. The zero-order chi connectivity index (χ0) is 8.48. The number of rotatable bonds is 2. The molecule has 1 unspecified atom stereocenters. The summed E-state index contributed by atoms with van der Waals surface area (Å²) >= 11 is 4.89. The summed E-state index contributed by atoms with van der Waals surface area (Å²) in [4.78, 5) is 0.992. The SMILES string of the molecule is CC(N)(CO)c1ccc(Br)s1. The Morgan fingerprint density at radius 3 is 2.73 bits per heavy atom. The van der Waals surface area contributed by atoms with Crippen LogP contribution in [0, 0.1) is 0 Å². The molecule has 1 atom stereocenters. The summed E-state index contributed by atoms with van der Waals surface area (Å²) in [5, 5.41) is 8.92. The third kappa shape index (κ3) is 2.02. The molecule has 0 aliphatic carbocycles. The first-order valence-corrected chi connectivity index (χ1v) is 4.83. The smallest absolute Gasteiger partial charge is 0.0709 e. The van der Waals surface area contributed by atoms with Gasteiger partial charge < -0.3 is 10.8 Å². The van der Waals surface area contributed by atoms with E-state index in [2.05, 4.69) is 15.9 Å². The van der Waals surface area contributed by atoms with Crippen LogP contribution in [0.4, 0.5) is 0 Å². The Bertz CT molecular complexity index is 246. The number of aliphatic hydroxyl groups excluding tert-OH is 1. The van der Waals surface area contributed by atoms with Crippen LogP contribution in [-0.2, 0) is 5.54 Å². The number of hydrogen-bond acceptors (Lipinski definition) is 3. The van der Waals surface area contributed by atoms with Crippen molar-refractivity contribution in [3.8, 4) is 0 Å². The van der Waals surface area contributed by atoms with E-state index >= 15 is 0 Å². The maximum Gasteiger partial charge on any atom is 0.0709 e. The molecule has 0 spiro atoms. The molecule has 1 rings (SSSR count). The minimum atomic E-state index is -0.601. The van der Waals surface area contributed by atoms with E-state index in [0.717, 1.165) is 8.66 Å². The first-order chi connectivity index (χ1) is 5.06. The third-order valence-electron chi connectivity index (χ3n) is 1.46. The fraction of sp³-hybridized carbons (Fsp3) is 0.429. The highest BCUT2D eigenvalue weighted by Gasteiger charge is 2.21. The summed E-state index contributed by atoms with van der Waals surface area (Å²) in [6.07, 6.45) is 0. The van der Waals surface area contributed by atoms with Gasteiger partial charge in [0.15, 0.2) is 0 Å². The van der Waals surface area contributed by atoms with Crippen molar-refractivity contribution in [2.24, 2.45) is 5.73 Å². The van der Waals surface area contributed by atoms with E-state index in [1.165, 1.54) is 0 Å². The number of halogens is 1. The first-order valence-electron chi connectivity index (χ1n) is 3.22. The monoisotopic (exact) mass is 235 g/mol. The van der Waals surface area contributed by atoms with Gasteiger partial charge in [0.05, 0.1) is 15.9 Å². The Morgan fingerprint density at radius 2 is 2.36 bits per heavy atom. The Morgan fingerprint density at radius 1 is 1.73 bits per heavy atom. The quantitative estimate of drug-likeness (QED) is 0.820. The van der Waals surface area contributed by atoms with E-state index in [1.807, 2.05) is 19.1 Å². The highest BCUT2D eigenvalue weighted by Crippen LogP contribution is 2.29. The maximum absolute atomic E-state index is 8.92. The van der Waals surface area contributed by atoms with Gasteiger partial charge in [-0.1, -0.05) is 0 Å². The van der Waals surface area contributed by atoms with Crippen molar-refractivity contribution in [3.63, 3.8) is 0 Å². The van der Waals surface area contributed by atoms with Crippen LogP contribution in [0.3, 0.4) is 0 Å². The van der Waals surface area contributed by atoms with Crippen LogP contribution in [0.15, 0.2) is 15.9 Å². The van der Waals surface area contributed by atoms with Gasteiger partial charge in [-0.15, -0.1) is 11.3 Å². The normalized spacial score (nSPS) is 16.4. The van der Waals surface area contributed by atoms with Gasteiger partial charge in [-0.05, 0) is 35.0 Å². The topological polar surface area (TPSA) is 46.2 Å². The van der Waals surface area contributed by atoms with Crippen molar-refractivity contribution in [2.45, 2.75) is 12.5 Å². The molecule has 0 aromatic carbocycles. The van der Waals surface area contributed by atoms with Crippen LogP contribution in [0.1, 0.15) is 11.8 Å². The average Bonchev–Trinajstić information content (AvgIpc) is 2.36. The fourth-order valence-corrected chi connectivity index (χ4v) is 2.13. The summed E-state index contributed by atoms with van der Waals surface area (Å²) < 4.78 is 1.04. The summed E-state index contributed by atoms with van der Waals surface area (Å²) in [7, 11) is 0. The molecular weight excluding hydrogens is 226 g/mol. The lowest BCUT2D eigenvalue weighted by molar-refractivity contribution is 0.212. The van der Waals surface area contributed by atoms with Crippen LogP contribution in [0.25, 0.3) is 0 Å². The molecule has 2 nitrogen and oxygen atoms in total. The van der Waals surface area contributed by atoms with Gasteiger partial charge in [0.2, 0.25) is 0 Å². The van der Waals surface area contributed by atoms with Gasteiger partial charge in [-0.3, -0.25) is 0 Å². The van der Waals surface area contributed by atoms with Crippen molar-refractivity contribution in [2.75, 3.05) is 6.61 Å². The van der Waals surface area contributed by atoms with Gasteiger partial charge in [-0.2, -0.15) is 0 Å². The minimum absolute atomic E-state index is 0.0278. The molecule has 0 aliphatic rings. The van der Waals surface area contributed by atoms with Crippen LogP contribution >= 0.6 is 27.3 Å². The molecule has 0 radical (unpaired) electrons. The molecule has 1 aromatic rings. The van der Waals surface area contributed by atoms with Gasteiger partial charge in [0.25, 0.3) is 0 Å². The molecule has 0 fully saturated rings. The molecule has 4 heteroatoms. The van der Waals surface area contributed by atoms with Gasteiger partial charge >= 0.3 is 0 Å². The van der Waals surface area contributed by atoms with Crippen LogP contribution in [0.5, 0.6) is 0 Å². The van der Waals surface area contributed by atoms with E-state index in [-0.39, 0.29) is 6.61 Å². The zero-order valence-electron chi connectivity index (χ0n) is 6.17. The first kappa shape index (κ1) is 9.19. The lowest BCUT2D eigenvalue weighted by Crippen LogP contribution is -2.35. The minimum Gasteiger partial charge on any atom is -0.394 e. The average molecular weight is 236 g/mol.